The van der Waals surface area contributed by atoms with Gasteiger partial charge in [0.15, 0.2) is 9.84 Å². The maximum atomic E-state index is 12.4. The van der Waals surface area contributed by atoms with Crippen LogP contribution >= 0.6 is 0 Å². The standard InChI is InChI=1S/C12H16O4S/c1-9-3-4-10(16-2)11(7-9)17(14,15)12(8-13)5-6-12/h3-4,7,13H,5-6,8H2,1-2H3. The number of hydrogen-bond acceptors (Lipinski definition) is 4. The normalized spacial score (nSPS) is 17.8. The van der Waals surface area contributed by atoms with Gasteiger partial charge in [-0.05, 0) is 37.5 Å². The minimum absolute atomic E-state index is 0.187. The molecule has 0 radical (unpaired) electrons. The Labute approximate surface area is 101 Å². The van der Waals surface area contributed by atoms with Gasteiger partial charge < -0.3 is 9.84 Å². The molecule has 2 rings (SSSR count). The van der Waals surface area contributed by atoms with E-state index in [2.05, 4.69) is 0 Å². The van der Waals surface area contributed by atoms with Crippen LogP contribution < -0.4 is 4.74 Å². The third kappa shape index (κ3) is 1.83. The van der Waals surface area contributed by atoms with Crippen molar-refractivity contribution in [2.24, 2.45) is 0 Å². The van der Waals surface area contributed by atoms with E-state index < -0.39 is 14.6 Å². The predicted octanol–water partition coefficient (Wildman–Crippen LogP) is 1.30. The maximum Gasteiger partial charge on any atom is 0.189 e. The highest BCUT2D eigenvalue weighted by atomic mass is 32.2. The van der Waals surface area contributed by atoms with Crippen LogP contribution in [0.5, 0.6) is 5.75 Å². The van der Waals surface area contributed by atoms with Gasteiger partial charge >= 0.3 is 0 Å². The van der Waals surface area contributed by atoms with Gasteiger partial charge in [-0.3, -0.25) is 0 Å². The fourth-order valence-electron chi connectivity index (χ4n) is 1.88. The number of aryl methyl sites for hydroxylation is 1. The quantitative estimate of drug-likeness (QED) is 0.882. The molecule has 0 spiro atoms. The van der Waals surface area contributed by atoms with Gasteiger partial charge in [-0.2, -0.15) is 0 Å². The van der Waals surface area contributed by atoms with E-state index >= 15 is 0 Å². The topological polar surface area (TPSA) is 63.6 Å². The maximum absolute atomic E-state index is 12.4. The Morgan fingerprint density at radius 2 is 2.06 bits per heavy atom. The number of aliphatic hydroxyl groups excluding tert-OH is 1. The molecule has 1 aliphatic rings. The molecule has 0 atom stereocenters. The van der Waals surface area contributed by atoms with E-state index in [9.17, 15) is 13.5 Å². The Kier molecular flexibility index (Phi) is 2.91. The van der Waals surface area contributed by atoms with Crippen LogP contribution in [0.1, 0.15) is 18.4 Å². The molecular formula is C12H16O4S. The first-order valence-corrected chi connectivity index (χ1v) is 6.95. The number of ether oxygens (including phenoxy) is 1. The molecule has 17 heavy (non-hydrogen) atoms. The molecule has 5 heteroatoms. The SMILES string of the molecule is COc1ccc(C)cc1S(=O)(=O)C1(CO)CC1. The van der Waals surface area contributed by atoms with E-state index in [1.807, 2.05) is 6.92 Å². The third-order valence-corrected chi connectivity index (χ3v) is 5.85. The number of methoxy groups -OCH3 is 1. The second-order valence-corrected chi connectivity index (χ2v) is 6.81. The molecule has 1 fully saturated rings. The Morgan fingerprint density at radius 1 is 1.41 bits per heavy atom. The van der Waals surface area contributed by atoms with E-state index in [1.165, 1.54) is 7.11 Å². The minimum atomic E-state index is -3.52. The van der Waals surface area contributed by atoms with Crippen molar-refractivity contribution < 1.29 is 18.3 Å². The summed E-state index contributed by atoms with van der Waals surface area (Å²) in [7, 11) is -2.07. The average molecular weight is 256 g/mol. The van der Waals surface area contributed by atoms with Crippen LogP contribution in [-0.4, -0.2) is 32.0 Å². The zero-order valence-corrected chi connectivity index (χ0v) is 10.8. The summed E-state index contributed by atoms with van der Waals surface area (Å²) in [5.41, 5.74) is 0.859. The highest BCUT2D eigenvalue weighted by Crippen LogP contribution is 2.48. The van der Waals surface area contributed by atoms with Gasteiger partial charge in [0.05, 0.1) is 13.7 Å². The fraction of sp³-hybridized carbons (Fsp3) is 0.500. The first-order valence-electron chi connectivity index (χ1n) is 5.47. The smallest absolute Gasteiger partial charge is 0.189 e. The summed E-state index contributed by atoms with van der Waals surface area (Å²) >= 11 is 0. The van der Waals surface area contributed by atoms with Gasteiger partial charge in [-0.1, -0.05) is 6.07 Å². The largest absolute Gasteiger partial charge is 0.495 e. The van der Waals surface area contributed by atoms with Crippen molar-refractivity contribution in [3.8, 4) is 5.75 Å². The minimum Gasteiger partial charge on any atom is -0.495 e. The molecule has 0 saturated heterocycles. The third-order valence-electron chi connectivity index (χ3n) is 3.27. The van der Waals surface area contributed by atoms with Crippen molar-refractivity contribution in [1.82, 2.24) is 0 Å². The average Bonchev–Trinajstić information content (AvgIpc) is 3.10. The molecule has 0 aromatic heterocycles. The second-order valence-electron chi connectivity index (χ2n) is 4.50. The summed E-state index contributed by atoms with van der Waals surface area (Å²) < 4.78 is 29.0. The van der Waals surface area contributed by atoms with Crippen LogP contribution in [0.25, 0.3) is 0 Å². The zero-order valence-electron chi connectivity index (χ0n) is 9.93. The van der Waals surface area contributed by atoms with Crippen LogP contribution in [0.15, 0.2) is 23.1 Å². The summed E-state index contributed by atoms with van der Waals surface area (Å²) in [6.45, 7) is 1.50. The summed E-state index contributed by atoms with van der Waals surface area (Å²) in [4.78, 5) is 0.187. The molecule has 1 N–H and O–H groups in total. The highest BCUT2D eigenvalue weighted by Gasteiger charge is 2.55. The van der Waals surface area contributed by atoms with E-state index in [1.54, 1.807) is 18.2 Å². The molecule has 1 aliphatic carbocycles. The second kappa shape index (κ2) is 3.99. The molecule has 94 valence electrons. The first-order chi connectivity index (χ1) is 7.97. The van der Waals surface area contributed by atoms with Crippen molar-refractivity contribution in [3.63, 3.8) is 0 Å². The number of sulfone groups is 1. The molecular weight excluding hydrogens is 240 g/mol. The lowest BCUT2D eigenvalue weighted by Crippen LogP contribution is -2.27. The van der Waals surface area contributed by atoms with Gasteiger partial charge in [0.1, 0.15) is 15.4 Å². The number of hydrogen-bond donors (Lipinski definition) is 1. The lowest BCUT2D eigenvalue weighted by atomic mass is 10.2. The summed E-state index contributed by atoms with van der Waals surface area (Å²) in [6.07, 6.45) is 1.03. The number of benzene rings is 1. The Balaban J connectivity index is 2.57. The Morgan fingerprint density at radius 3 is 2.53 bits per heavy atom. The lowest BCUT2D eigenvalue weighted by Gasteiger charge is -2.16. The fourth-order valence-corrected chi connectivity index (χ4v) is 3.91. The zero-order chi connectivity index (χ0) is 12.7. The molecule has 4 nitrogen and oxygen atoms in total. The Bertz CT molecular complexity index is 529. The molecule has 0 unspecified atom stereocenters. The van der Waals surface area contributed by atoms with Crippen LogP contribution in [0.4, 0.5) is 0 Å². The lowest BCUT2D eigenvalue weighted by molar-refractivity contribution is 0.283. The van der Waals surface area contributed by atoms with Crippen LogP contribution in [0, 0.1) is 6.92 Å². The summed E-state index contributed by atoms with van der Waals surface area (Å²) in [6, 6.07) is 5.05. The van der Waals surface area contributed by atoms with Crippen LogP contribution in [0.2, 0.25) is 0 Å². The number of aliphatic hydroxyl groups is 1. The van der Waals surface area contributed by atoms with Crippen molar-refractivity contribution in [3.05, 3.63) is 23.8 Å². The van der Waals surface area contributed by atoms with Gasteiger partial charge in [-0.15, -0.1) is 0 Å². The molecule has 0 aliphatic heterocycles. The van der Waals surface area contributed by atoms with Crippen LogP contribution in [0.3, 0.4) is 0 Å². The van der Waals surface area contributed by atoms with E-state index in [0.29, 0.717) is 18.6 Å². The van der Waals surface area contributed by atoms with E-state index in [-0.39, 0.29) is 11.5 Å². The van der Waals surface area contributed by atoms with Gasteiger partial charge in [0.2, 0.25) is 0 Å². The van der Waals surface area contributed by atoms with E-state index in [4.69, 9.17) is 4.74 Å². The van der Waals surface area contributed by atoms with Crippen LogP contribution in [-0.2, 0) is 9.84 Å². The molecule has 1 aromatic rings. The Hall–Kier alpha value is -1.07. The van der Waals surface area contributed by atoms with Crippen molar-refractivity contribution in [1.29, 1.82) is 0 Å². The van der Waals surface area contributed by atoms with Gasteiger partial charge in [0, 0.05) is 0 Å². The first kappa shape index (κ1) is 12.4. The monoisotopic (exact) mass is 256 g/mol. The number of rotatable bonds is 4. The molecule has 0 amide bonds. The molecule has 0 bridgehead atoms. The van der Waals surface area contributed by atoms with Gasteiger partial charge in [0.25, 0.3) is 0 Å². The highest BCUT2D eigenvalue weighted by molar-refractivity contribution is 7.93. The molecule has 1 aromatic carbocycles. The van der Waals surface area contributed by atoms with Crippen molar-refractivity contribution in [2.75, 3.05) is 13.7 Å². The molecule has 0 heterocycles. The van der Waals surface area contributed by atoms with Crippen molar-refractivity contribution >= 4 is 9.84 Å². The predicted molar refractivity (Wildman–Crippen MR) is 64.0 cm³/mol. The summed E-state index contributed by atoms with van der Waals surface area (Å²) in [5, 5.41) is 9.27. The molecule has 1 saturated carbocycles. The summed E-state index contributed by atoms with van der Waals surface area (Å²) in [5.74, 6) is 0.343. The van der Waals surface area contributed by atoms with E-state index in [0.717, 1.165) is 5.56 Å². The van der Waals surface area contributed by atoms with Gasteiger partial charge in [-0.25, -0.2) is 8.42 Å². The van der Waals surface area contributed by atoms with Crippen molar-refractivity contribution in [2.45, 2.75) is 29.4 Å².